The predicted molar refractivity (Wildman–Crippen MR) is 131 cm³/mol. The lowest BCUT2D eigenvalue weighted by molar-refractivity contribution is -0.306. The third kappa shape index (κ3) is 6.77. The van der Waals surface area contributed by atoms with Crippen molar-refractivity contribution >= 4 is 10.1 Å². The Morgan fingerprint density at radius 2 is 1.31 bits per heavy atom. The maximum Gasteiger partial charge on any atom is 0.297 e. The van der Waals surface area contributed by atoms with E-state index in [1.165, 1.54) is 12.1 Å². The van der Waals surface area contributed by atoms with E-state index in [9.17, 15) is 18.6 Å². The Morgan fingerprint density at radius 1 is 0.778 bits per heavy atom. The first-order valence-electron chi connectivity index (χ1n) is 11.6. The van der Waals surface area contributed by atoms with Gasteiger partial charge >= 0.3 is 0 Å². The lowest BCUT2D eigenvalue weighted by Gasteiger charge is -2.42. The minimum atomic E-state index is -4.09. The van der Waals surface area contributed by atoms with Gasteiger partial charge in [-0.2, -0.15) is 8.42 Å². The number of aryl methyl sites for hydroxylation is 1. The second kappa shape index (κ2) is 12.1. The Balaban J connectivity index is 1.47. The average Bonchev–Trinajstić information content (AvgIpc) is 2.89. The van der Waals surface area contributed by atoms with Crippen molar-refractivity contribution in [1.29, 1.82) is 0 Å². The number of aliphatic hydroxyl groups excluding tert-OH is 2. The molecule has 0 amide bonds. The summed E-state index contributed by atoms with van der Waals surface area (Å²) in [5.74, 6) is 0. The highest BCUT2D eigenvalue weighted by Gasteiger charge is 2.47. The van der Waals surface area contributed by atoms with Crippen LogP contribution in [0.15, 0.2) is 89.8 Å². The topological polar surface area (TPSA) is 112 Å². The predicted octanol–water partition coefficient (Wildman–Crippen LogP) is 2.95. The van der Waals surface area contributed by atoms with Gasteiger partial charge in [0.2, 0.25) is 0 Å². The number of aliphatic hydroxyl groups is 2. The molecule has 0 unspecified atom stereocenters. The fourth-order valence-electron chi connectivity index (χ4n) is 3.88. The molecular formula is C27H30O8S. The van der Waals surface area contributed by atoms with Crippen molar-refractivity contribution in [2.45, 2.75) is 55.7 Å². The first kappa shape index (κ1) is 26.4. The van der Waals surface area contributed by atoms with Gasteiger partial charge in [0.05, 0.1) is 24.7 Å². The molecule has 0 radical (unpaired) electrons. The standard InChI is InChI=1S/C27H30O8S/c1-19-12-14-22(15-13-19)36(30,31)34-18-23-24(28)25(32-16-20-8-4-2-5-9-20)26(27(29)35-23)33-17-21-10-6-3-7-11-21/h2-15,23-29H,16-18H2,1H3/t23-,24-,25+,26-,27+/m1/s1. The van der Waals surface area contributed by atoms with E-state index in [1.54, 1.807) is 12.1 Å². The van der Waals surface area contributed by atoms with Gasteiger partial charge in [0.25, 0.3) is 10.1 Å². The molecule has 192 valence electrons. The molecule has 3 aromatic rings. The normalized spacial score (nSPS) is 24.5. The van der Waals surface area contributed by atoms with Crippen molar-refractivity contribution in [2.24, 2.45) is 0 Å². The minimum Gasteiger partial charge on any atom is -0.387 e. The Kier molecular flexibility index (Phi) is 8.86. The highest BCUT2D eigenvalue weighted by atomic mass is 32.2. The molecule has 5 atom stereocenters. The van der Waals surface area contributed by atoms with E-state index in [0.717, 1.165) is 16.7 Å². The Hall–Kier alpha value is -2.63. The number of hydrogen-bond donors (Lipinski definition) is 2. The summed E-state index contributed by atoms with van der Waals surface area (Å²) in [6.07, 6.45) is -6.00. The number of rotatable bonds is 10. The Bertz CT molecular complexity index is 1190. The van der Waals surface area contributed by atoms with Gasteiger partial charge in [-0.25, -0.2) is 0 Å². The summed E-state index contributed by atoms with van der Waals surface area (Å²) >= 11 is 0. The summed E-state index contributed by atoms with van der Waals surface area (Å²) in [6.45, 7) is 1.64. The van der Waals surface area contributed by atoms with Gasteiger partial charge in [-0.1, -0.05) is 78.4 Å². The summed E-state index contributed by atoms with van der Waals surface area (Å²) in [7, 11) is -4.09. The molecule has 9 heteroatoms. The van der Waals surface area contributed by atoms with Crippen molar-refractivity contribution in [3.63, 3.8) is 0 Å². The highest BCUT2D eigenvalue weighted by Crippen LogP contribution is 2.28. The number of ether oxygens (including phenoxy) is 3. The van der Waals surface area contributed by atoms with Gasteiger partial charge < -0.3 is 24.4 Å². The van der Waals surface area contributed by atoms with E-state index in [2.05, 4.69) is 0 Å². The summed E-state index contributed by atoms with van der Waals surface area (Å²) in [5, 5.41) is 21.8. The van der Waals surface area contributed by atoms with Crippen LogP contribution < -0.4 is 0 Å². The molecule has 0 aliphatic carbocycles. The lowest BCUT2D eigenvalue weighted by Crippen LogP contribution is -2.60. The van der Waals surface area contributed by atoms with Crippen LogP contribution in [-0.4, -0.2) is 55.9 Å². The largest absolute Gasteiger partial charge is 0.387 e. The second-order valence-electron chi connectivity index (χ2n) is 8.63. The molecule has 1 fully saturated rings. The van der Waals surface area contributed by atoms with E-state index in [0.29, 0.717) is 0 Å². The van der Waals surface area contributed by atoms with Crippen LogP contribution in [0.1, 0.15) is 16.7 Å². The summed E-state index contributed by atoms with van der Waals surface area (Å²) in [6, 6.07) is 24.9. The molecule has 0 aromatic heterocycles. The molecule has 0 bridgehead atoms. The zero-order valence-corrected chi connectivity index (χ0v) is 20.7. The van der Waals surface area contributed by atoms with Crippen molar-refractivity contribution in [3.05, 3.63) is 102 Å². The summed E-state index contributed by atoms with van der Waals surface area (Å²) in [4.78, 5) is -0.0140. The monoisotopic (exact) mass is 514 g/mol. The number of benzene rings is 3. The Morgan fingerprint density at radius 3 is 1.86 bits per heavy atom. The molecule has 1 aliphatic rings. The van der Waals surface area contributed by atoms with Gasteiger partial charge in [-0.15, -0.1) is 0 Å². The fourth-order valence-corrected chi connectivity index (χ4v) is 4.80. The molecule has 0 saturated carbocycles. The minimum absolute atomic E-state index is 0.0140. The van der Waals surface area contributed by atoms with Crippen molar-refractivity contribution in [3.8, 4) is 0 Å². The van der Waals surface area contributed by atoms with Gasteiger partial charge in [0, 0.05) is 0 Å². The third-order valence-corrected chi connectivity index (χ3v) is 7.20. The van der Waals surface area contributed by atoms with E-state index < -0.39 is 47.4 Å². The SMILES string of the molecule is Cc1ccc(S(=O)(=O)OC[C@H]2O[C@H](O)[C@H](OCc3ccccc3)[C@@H](OCc3ccccc3)[C@@H]2O)cc1. The van der Waals surface area contributed by atoms with Gasteiger partial charge in [-0.05, 0) is 30.2 Å². The molecule has 0 spiro atoms. The van der Waals surface area contributed by atoms with E-state index in [4.69, 9.17) is 18.4 Å². The van der Waals surface area contributed by atoms with Crippen LogP contribution in [0.5, 0.6) is 0 Å². The highest BCUT2D eigenvalue weighted by molar-refractivity contribution is 7.86. The van der Waals surface area contributed by atoms with Crippen LogP contribution in [0, 0.1) is 6.92 Å². The molecule has 1 saturated heterocycles. The van der Waals surface area contributed by atoms with Crippen molar-refractivity contribution < 1.29 is 37.0 Å². The molecule has 1 heterocycles. The van der Waals surface area contributed by atoms with Crippen molar-refractivity contribution in [2.75, 3.05) is 6.61 Å². The molecule has 1 aliphatic heterocycles. The molecule has 36 heavy (non-hydrogen) atoms. The summed E-state index contributed by atoms with van der Waals surface area (Å²) < 4.78 is 47.8. The Labute approximate surface area is 211 Å². The van der Waals surface area contributed by atoms with Crippen molar-refractivity contribution in [1.82, 2.24) is 0 Å². The maximum atomic E-state index is 12.6. The van der Waals surface area contributed by atoms with Crippen LogP contribution >= 0.6 is 0 Å². The van der Waals surface area contributed by atoms with Crippen LogP contribution in [0.4, 0.5) is 0 Å². The third-order valence-electron chi connectivity index (χ3n) is 5.90. The first-order chi connectivity index (χ1) is 17.3. The average molecular weight is 515 g/mol. The zero-order chi connectivity index (χ0) is 25.5. The van der Waals surface area contributed by atoms with E-state index >= 15 is 0 Å². The quantitative estimate of drug-likeness (QED) is 0.397. The van der Waals surface area contributed by atoms with Crippen LogP contribution in [-0.2, 0) is 41.7 Å². The molecule has 4 rings (SSSR count). The van der Waals surface area contributed by atoms with Crippen LogP contribution in [0.25, 0.3) is 0 Å². The molecule has 8 nitrogen and oxygen atoms in total. The fraction of sp³-hybridized carbons (Fsp3) is 0.333. The maximum absolute atomic E-state index is 12.6. The molecular weight excluding hydrogens is 484 g/mol. The first-order valence-corrected chi connectivity index (χ1v) is 13.0. The number of hydrogen-bond acceptors (Lipinski definition) is 8. The van der Waals surface area contributed by atoms with Gasteiger partial charge in [0.1, 0.15) is 24.4 Å². The van der Waals surface area contributed by atoms with Gasteiger partial charge in [-0.3, -0.25) is 4.18 Å². The van der Waals surface area contributed by atoms with E-state index in [1.807, 2.05) is 67.6 Å². The summed E-state index contributed by atoms with van der Waals surface area (Å²) in [5.41, 5.74) is 2.64. The van der Waals surface area contributed by atoms with Crippen LogP contribution in [0.3, 0.4) is 0 Å². The van der Waals surface area contributed by atoms with Gasteiger partial charge in [0.15, 0.2) is 6.29 Å². The molecule has 3 aromatic carbocycles. The lowest BCUT2D eigenvalue weighted by atomic mass is 9.98. The second-order valence-corrected chi connectivity index (χ2v) is 10.2. The molecule has 2 N–H and O–H groups in total. The van der Waals surface area contributed by atoms with E-state index in [-0.39, 0.29) is 18.1 Å². The smallest absolute Gasteiger partial charge is 0.297 e. The zero-order valence-electron chi connectivity index (χ0n) is 19.8. The van der Waals surface area contributed by atoms with Crippen LogP contribution in [0.2, 0.25) is 0 Å².